The van der Waals surface area contributed by atoms with Crippen LogP contribution in [-0.4, -0.2) is 10.4 Å². The largest absolute Gasteiger partial charge is 0.440 e. The third kappa shape index (κ3) is 4.00. The predicted molar refractivity (Wildman–Crippen MR) is 206 cm³/mol. The van der Waals surface area contributed by atoms with Crippen LogP contribution in [0.3, 0.4) is 0 Å². The van der Waals surface area contributed by atoms with Gasteiger partial charge in [-0.1, -0.05) is 91.0 Å². The minimum atomic E-state index is -0.213. The van der Waals surface area contributed by atoms with Gasteiger partial charge in [-0.15, -0.1) is 11.3 Å². The monoisotopic (exact) mass is 645 g/mol. The van der Waals surface area contributed by atoms with Gasteiger partial charge in [-0.05, 0) is 77.0 Å². The van der Waals surface area contributed by atoms with E-state index in [4.69, 9.17) is 9.41 Å². The van der Waals surface area contributed by atoms with Crippen LogP contribution in [-0.2, 0) is 0 Å². The van der Waals surface area contributed by atoms with E-state index in [0.717, 1.165) is 45.1 Å². The van der Waals surface area contributed by atoms with Crippen LogP contribution in [0, 0.1) is 0 Å². The van der Waals surface area contributed by atoms with E-state index in [1.807, 2.05) is 23.5 Å². The molecule has 0 bridgehead atoms. The highest BCUT2D eigenvalue weighted by Gasteiger charge is 2.30. The summed E-state index contributed by atoms with van der Waals surface area (Å²) in [7, 11) is 0. The molecule has 230 valence electrons. The lowest BCUT2D eigenvalue weighted by molar-refractivity contribution is 0.624. The highest BCUT2D eigenvalue weighted by atomic mass is 32.1. The van der Waals surface area contributed by atoms with Crippen molar-refractivity contribution in [2.45, 2.75) is 6.04 Å². The number of nitrogens with one attached hydrogen (secondary N) is 1. The Labute approximate surface area is 285 Å². The van der Waals surface area contributed by atoms with E-state index in [1.165, 1.54) is 52.8 Å². The Kier molecular flexibility index (Phi) is 5.57. The molecule has 1 N–H and O–H groups in total. The van der Waals surface area contributed by atoms with Crippen molar-refractivity contribution in [3.63, 3.8) is 0 Å². The Morgan fingerprint density at radius 2 is 1.29 bits per heavy atom. The maximum absolute atomic E-state index is 6.45. The summed E-state index contributed by atoms with van der Waals surface area (Å²) in [6.07, 6.45) is 0. The van der Waals surface area contributed by atoms with Crippen LogP contribution in [0.1, 0.15) is 22.7 Å². The van der Waals surface area contributed by atoms with Gasteiger partial charge in [0, 0.05) is 47.6 Å². The van der Waals surface area contributed by atoms with Crippen molar-refractivity contribution in [3.8, 4) is 5.69 Å². The molecule has 0 fully saturated rings. The van der Waals surface area contributed by atoms with Gasteiger partial charge in [-0.25, -0.2) is 0 Å². The number of anilines is 1. The zero-order chi connectivity index (χ0) is 32.1. The first-order valence-electron chi connectivity index (χ1n) is 16.6. The molecule has 0 saturated carbocycles. The zero-order valence-corrected chi connectivity index (χ0v) is 27.0. The van der Waals surface area contributed by atoms with Crippen LogP contribution in [0.5, 0.6) is 0 Å². The molecule has 4 heterocycles. The minimum absolute atomic E-state index is 0.213. The molecule has 0 radical (unpaired) electrons. The first kappa shape index (κ1) is 26.9. The summed E-state index contributed by atoms with van der Waals surface area (Å²) < 4.78 is 11.4. The lowest BCUT2D eigenvalue weighted by Gasteiger charge is -2.23. The topological polar surface area (TPSA) is 42.5 Å². The van der Waals surface area contributed by atoms with Gasteiger partial charge in [0.2, 0.25) is 5.88 Å². The molecule has 4 nitrogen and oxygen atoms in total. The fourth-order valence-electron chi connectivity index (χ4n) is 7.77. The summed E-state index contributed by atoms with van der Waals surface area (Å²) in [5.41, 5.74) is 7.60. The van der Waals surface area contributed by atoms with Crippen molar-refractivity contribution < 1.29 is 4.42 Å². The summed E-state index contributed by atoms with van der Waals surface area (Å²) >= 11 is 1.84. The SMILES string of the molecule is c1ccc2cc3c(cc2c1)c1ccccc1n3-c1ccc(C2=NC(c3ccc4c(c3)sc3ccccc34)c3c(oc4ccccc34)N2)cc1. The number of aliphatic imine (C=N–C) groups is 1. The summed E-state index contributed by atoms with van der Waals surface area (Å²) in [6.45, 7) is 0. The van der Waals surface area contributed by atoms with E-state index in [0.29, 0.717) is 0 Å². The fraction of sp³-hybridized carbons (Fsp3) is 0.0227. The van der Waals surface area contributed by atoms with Gasteiger partial charge in [0.25, 0.3) is 0 Å². The molecule has 49 heavy (non-hydrogen) atoms. The van der Waals surface area contributed by atoms with E-state index in [9.17, 15) is 0 Å². The van der Waals surface area contributed by atoms with E-state index < -0.39 is 0 Å². The smallest absolute Gasteiger partial charge is 0.205 e. The summed E-state index contributed by atoms with van der Waals surface area (Å²) in [4.78, 5) is 5.42. The molecular weight excluding hydrogens is 619 g/mol. The molecule has 0 saturated heterocycles. The normalized spacial score (nSPS) is 14.6. The Hall–Kier alpha value is -6.17. The average Bonchev–Trinajstić information content (AvgIpc) is 3.82. The number of nitrogens with zero attached hydrogens (tertiary/aromatic N) is 2. The third-order valence-corrected chi connectivity index (χ3v) is 11.2. The highest BCUT2D eigenvalue weighted by molar-refractivity contribution is 7.25. The van der Waals surface area contributed by atoms with Crippen molar-refractivity contribution in [2.75, 3.05) is 5.32 Å². The van der Waals surface area contributed by atoms with Gasteiger partial charge in [0.1, 0.15) is 17.5 Å². The summed E-state index contributed by atoms with van der Waals surface area (Å²) in [5, 5.41) is 12.2. The molecular formula is C44H27N3OS. The molecule has 10 aromatic rings. The molecule has 0 amide bonds. The molecule has 0 spiro atoms. The molecule has 1 unspecified atom stereocenters. The van der Waals surface area contributed by atoms with Crippen LogP contribution in [0.4, 0.5) is 5.88 Å². The fourth-order valence-corrected chi connectivity index (χ4v) is 8.92. The van der Waals surface area contributed by atoms with Crippen LogP contribution in [0.15, 0.2) is 161 Å². The number of benzene rings is 7. The second-order valence-electron chi connectivity index (χ2n) is 12.8. The van der Waals surface area contributed by atoms with E-state index in [-0.39, 0.29) is 6.04 Å². The summed E-state index contributed by atoms with van der Waals surface area (Å²) in [6, 6.07) is 54.1. The zero-order valence-electron chi connectivity index (χ0n) is 26.2. The van der Waals surface area contributed by atoms with Crippen molar-refractivity contribution >= 4 is 86.8 Å². The van der Waals surface area contributed by atoms with Gasteiger partial charge in [-0.3, -0.25) is 4.99 Å². The molecule has 5 heteroatoms. The van der Waals surface area contributed by atoms with Crippen molar-refractivity contribution in [3.05, 3.63) is 168 Å². The number of fused-ring (bicyclic) bond motifs is 10. The standard InChI is InChI=1S/C44H27N3OS/c1-2-10-28-24-37-35(23-27(28)9-1)31-11-3-6-14-36(31)47(37)30-20-17-26(18-21-30)43-45-42(41-34-13-4-7-15-38(34)48-44(41)46-43)29-19-22-33-32-12-5-8-16-39(32)49-40(33)25-29/h1-25,42H,(H,45,46). The molecule has 3 aromatic heterocycles. The summed E-state index contributed by atoms with van der Waals surface area (Å²) in [5.74, 6) is 1.55. The molecule has 1 atom stereocenters. The number of hydrogen-bond donors (Lipinski definition) is 1. The molecule has 1 aliphatic heterocycles. The Bertz CT molecular complexity index is 2980. The lowest BCUT2D eigenvalue weighted by Crippen LogP contribution is -2.21. The third-order valence-electron chi connectivity index (χ3n) is 10.1. The number of amidine groups is 1. The Morgan fingerprint density at radius 3 is 2.16 bits per heavy atom. The van der Waals surface area contributed by atoms with E-state index in [2.05, 4.69) is 149 Å². The average molecular weight is 646 g/mol. The maximum Gasteiger partial charge on any atom is 0.205 e. The number of rotatable bonds is 3. The van der Waals surface area contributed by atoms with Gasteiger partial charge >= 0.3 is 0 Å². The number of aromatic nitrogens is 1. The minimum Gasteiger partial charge on any atom is -0.440 e. The van der Waals surface area contributed by atoms with E-state index >= 15 is 0 Å². The number of para-hydroxylation sites is 2. The number of hydrogen-bond acceptors (Lipinski definition) is 4. The Morgan fingerprint density at radius 1 is 0.571 bits per heavy atom. The highest BCUT2D eigenvalue weighted by Crippen LogP contribution is 2.45. The molecule has 11 rings (SSSR count). The van der Waals surface area contributed by atoms with Crippen LogP contribution in [0.25, 0.3) is 69.4 Å². The van der Waals surface area contributed by atoms with Crippen LogP contribution < -0.4 is 5.32 Å². The maximum atomic E-state index is 6.45. The number of furan rings is 1. The van der Waals surface area contributed by atoms with Crippen LogP contribution in [0.2, 0.25) is 0 Å². The van der Waals surface area contributed by atoms with Crippen molar-refractivity contribution in [2.24, 2.45) is 4.99 Å². The molecule has 1 aliphatic rings. The second-order valence-corrected chi connectivity index (χ2v) is 13.9. The van der Waals surface area contributed by atoms with Crippen molar-refractivity contribution in [1.29, 1.82) is 0 Å². The van der Waals surface area contributed by atoms with Gasteiger partial charge in [0.15, 0.2) is 0 Å². The predicted octanol–water partition coefficient (Wildman–Crippen LogP) is 12.0. The van der Waals surface area contributed by atoms with Gasteiger partial charge < -0.3 is 14.3 Å². The Balaban J connectivity index is 1.05. The molecule has 7 aromatic carbocycles. The van der Waals surface area contributed by atoms with Crippen molar-refractivity contribution in [1.82, 2.24) is 4.57 Å². The lowest BCUT2D eigenvalue weighted by atomic mass is 9.95. The van der Waals surface area contributed by atoms with Gasteiger partial charge in [-0.2, -0.15) is 0 Å². The quantitative estimate of drug-likeness (QED) is 0.208. The molecule has 0 aliphatic carbocycles. The first-order chi connectivity index (χ1) is 24.3. The van der Waals surface area contributed by atoms with E-state index in [1.54, 1.807) is 0 Å². The second kappa shape index (κ2) is 10.2. The van der Waals surface area contributed by atoms with Gasteiger partial charge in [0.05, 0.1) is 16.6 Å². The number of thiophene rings is 1. The first-order valence-corrected chi connectivity index (χ1v) is 17.4. The van der Waals surface area contributed by atoms with Crippen LogP contribution >= 0.6 is 11.3 Å².